The highest BCUT2D eigenvalue weighted by Crippen LogP contribution is 2.23. The van der Waals surface area contributed by atoms with E-state index in [9.17, 15) is 9.50 Å². The molecule has 0 aromatic heterocycles. The molecule has 0 bridgehead atoms. The first kappa shape index (κ1) is 14.0. The zero-order chi connectivity index (χ0) is 14.0. The highest BCUT2D eigenvalue weighted by atomic mass is 35.5. The molecule has 0 heterocycles. The van der Waals surface area contributed by atoms with Gasteiger partial charge in [0.2, 0.25) is 0 Å². The van der Waals surface area contributed by atoms with Crippen molar-refractivity contribution in [3.63, 3.8) is 0 Å². The molecule has 1 unspecified atom stereocenters. The molecule has 1 atom stereocenters. The van der Waals surface area contributed by atoms with E-state index in [2.05, 4.69) is 0 Å². The normalized spacial score (nSPS) is 12.5. The fourth-order valence-corrected chi connectivity index (χ4v) is 2.27. The first-order chi connectivity index (χ1) is 8.95. The van der Waals surface area contributed by atoms with Crippen LogP contribution in [0.3, 0.4) is 0 Å². The van der Waals surface area contributed by atoms with E-state index in [-0.39, 0.29) is 0 Å². The van der Waals surface area contributed by atoms with E-state index in [1.54, 1.807) is 6.07 Å². The summed E-state index contributed by atoms with van der Waals surface area (Å²) in [5.41, 5.74) is 3.92. The molecule has 3 heteroatoms. The van der Waals surface area contributed by atoms with E-state index in [4.69, 9.17) is 11.6 Å². The van der Waals surface area contributed by atoms with Crippen LogP contribution in [-0.4, -0.2) is 5.11 Å². The lowest BCUT2D eigenvalue weighted by Crippen LogP contribution is -2.03. The maximum Gasteiger partial charge on any atom is 0.125 e. The van der Waals surface area contributed by atoms with E-state index in [1.807, 2.05) is 32.0 Å². The van der Waals surface area contributed by atoms with Gasteiger partial charge in [-0.05, 0) is 54.3 Å². The summed E-state index contributed by atoms with van der Waals surface area (Å²) in [4.78, 5) is 0. The van der Waals surface area contributed by atoms with E-state index in [0.29, 0.717) is 17.0 Å². The standard InChI is InChI=1S/C16H16ClFO/c1-10-3-4-12(5-11(10)2)6-16(19)13-7-14(17)9-15(18)8-13/h3-5,7-9,16,19H,6H2,1-2H3. The molecule has 0 amide bonds. The van der Waals surface area contributed by atoms with Gasteiger partial charge in [0.05, 0.1) is 6.10 Å². The molecule has 0 saturated carbocycles. The summed E-state index contributed by atoms with van der Waals surface area (Å²) in [6, 6.07) is 10.2. The van der Waals surface area contributed by atoms with Gasteiger partial charge in [0, 0.05) is 11.4 Å². The lowest BCUT2D eigenvalue weighted by Gasteiger charge is -2.13. The maximum absolute atomic E-state index is 13.2. The number of hydrogen-bond donors (Lipinski definition) is 1. The minimum Gasteiger partial charge on any atom is -0.388 e. The molecule has 2 rings (SSSR count). The summed E-state index contributed by atoms with van der Waals surface area (Å²) in [5.74, 6) is -0.429. The van der Waals surface area contributed by atoms with Crippen LogP contribution >= 0.6 is 11.6 Å². The molecule has 100 valence electrons. The highest BCUT2D eigenvalue weighted by Gasteiger charge is 2.11. The lowest BCUT2D eigenvalue weighted by atomic mass is 9.98. The van der Waals surface area contributed by atoms with Crippen molar-refractivity contribution >= 4 is 11.6 Å². The van der Waals surface area contributed by atoms with Gasteiger partial charge in [0.1, 0.15) is 5.82 Å². The molecule has 2 aromatic carbocycles. The Balaban J connectivity index is 2.20. The SMILES string of the molecule is Cc1ccc(CC(O)c2cc(F)cc(Cl)c2)cc1C. The summed E-state index contributed by atoms with van der Waals surface area (Å²) in [6.07, 6.45) is -0.309. The average Bonchev–Trinajstić information content (AvgIpc) is 2.32. The number of halogens is 2. The summed E-state index contributed by atoms with van der Waals surface area (Å²) in [6.45, 7) is 4.08. The zero-order valence-corrected chi connectivity index (χ0v) is 11.7. The Bertz CT molecular complexity index is 575. The van der Waals surface area contributed by atoms with Gasteiger partial charge in [-0.25, -0.2) is 4.39 Å². The second-order valence-electron chi connectivity index (χ2n) is 4.84. The first-order valence-electron chi connectivity index (χ1n) is 6.16. The molecule has 0 radical (unpaired) electrons. The molecular weight excluding hydrogens is 263 g/mol. The molecule has 1 N–H and O–H groups in total. The van der Waals surface area contributed by atoms with E-state index in [0.717, 1.165) is 5.56 Å². The van der Waals surface area contributed by atoms with Crippen LogP contribution in [-0.2, 0) is 6.42 Å². The molecule has 19 heavy (non-hydrogen) atoms. The largest absolute Gasteiger partial charge is 0.388 e. The molecular formula is C16H16ClFO. The minimum absolute atomic E-state index is 0.300. The third-order valence-corrected chi connectivity index (χ3v) is 3.49. The van der Waals surface area contributed by atoms with Crippen molar-refractivity contribution in [3.8, 4) is 0 Å². The second kappa shape index (κ2) is 5.72. The van der Waals surface area contributed by atoms with Crippen molar-refractivity contribution in [2.24, 2.45) is 0 Å². The molecule has 0 aliphatic carbocycles. The molecule has 2 aromatic rings. The van der Waals surface area contributed by atoms with Gasteiger partial charge >= 0.3 is 0 Å². The van der Waals surface area contributed by atoms with E-state index >= 15 is 0 Å². The predicted octanol–water partition coefficient (Wildman–Crippen LogP) is 4.37. The Labute approximate surface area is 117 Å². The van der Waals surface area contributed by atoms with Gasteiger partial charge in [-0.2, -0.15) is 0 Å². The van der Waals surface area contributed by atoms with Crippen molar-refractivity contribution in [2.45, 2.75) is 26.4 Å². The van der Waals surface area contributed by atoms with Gasteiger partial charge in [-0.15, -0.1) is 0 Å². The lowest BCUT2D eigenvalue weighted by molar-refractivity contribution is 0.178. The van der Waals surface area contributed by atoms with Crippen LogP contribution < -0.4 is 0 Å². The number of aliphatic hydroxyl groups is 1. The fraction of sp³-hybridized carbons (Fsp3) is 0.250. The van der Waals surface area contributed by atoms with Gasteiger partial charge in [0.25, 0.3) is 0 Å². The van der Waals surface area contributed by atoms with Crippen LogP contribution in [0.15, 0.2) is 36.4 Å². The van der Waals surface area contributed by atoms with Crippen LogP contribution in [0, 0.1) is 19.7 Å². The third-order valence-electron chi connectivity index (χ3n) is 3.27. The number of hydrogen-bond acceptors (Lipinski definition) is 1. The average molecular weight is 279 g/mol. The Hall–Kier alpha value is -1.38. The topological polar surface area (TPSA) is 20.2 Å². The van der Waals surface area contributed by atoms with Crippen molar-refractivity contribution < 1.29 is 9.50 Å². The van der Waals surface area contributed by atoms with Crippen molar-refractivity contribution in [1.29, 1.82) is 0 Å². The number of benzene rings is 2. The molecule has 0 aliphatic heterocycles. The quantitative estimate of drug-likeness (QED) is 0.884. The third kappa shape index (κ3) is 3.55. The van der Waals surface area contributed by atoms with Crippen LogP contribution in [0.1, 0.15) is 28.4 Å². The summed E-state index contributed by atoms with van der Waals surface area (Å²) >= 11 is 5.79. The van der Waals surface area contributed by atoms with Gasteiger partial charge in [0.15, 0.2) is 0 Å². The number of aryl methyl sites for hydroxylation is 2. The van der Waals surface area contributed by atoms with E-state index in [1.165, 1.54) is 23.3 Å². The zero-order valence-electron chi connectivity index (χ0n) is 11.0. The summed E-state index contributed by atoms with van der Waals surface area (Å²) < 4.78 is 13.2. The molecule has 0 fully saturated rings. The van der Waals surface area contributed by atoms with Crippen molar-refractivity contribution in [3.05, 3.63) is 69.5 Å². The summed E-state index contributed by atoms with van der Waals surface area (Å²) in [5, 5.41) is 10.5. The minimum atomic E-state index is -0.754. The molecule has 1 nitrogen and oxygen atoms in total. The first-order valence-corrected chi connectivity index (χ1v) is 6.53. The Morgan fingerprint density at radius 1 is 1.11 bits per heavy atom. The number of rotatable bonds is 3. The Morgan fingerprint density at radius 2 is 1.84 bits per heavy atom. The van der Waals surface area contributed by atoms with Crippen LogP contribution in [0.4, 0.5) is 4.39 Å². The van der Waals surface area contributed by atoms with Crippen molar-refractivity contribution in [1.82, 2.24) is 0 Å². The molecule has 0 saturated heterocycles. The highest BCUT2D eigenvalue weighted by molar-refractivity contribution is 6.30. The van der Waals surface area contributed by atoms with E-state index < -0.39 is 11.9 Å². The van der Waals surface area contributed by atoms with Crippen LogP contribution in [0.25, 0.3) is 0 Å². The van der Waals surface area contributed by atoms with Crippen molar-refractivity contribution in [2.75, 3.05) is 0 Å². The molecule has 0 aliphatic rings. The van der Waals surface area contributed by atoms with Crippen LogP contribution in [0.5, 0.6) is 0 Å². The summed E-state index contributed by atoms with van der Waals surface area (Å²) in [7, 11) is 0. The molecule has 0 spiro atoms. The maximum atomic E-state index is 13.2. The monoisotopic (exact) mass is 278 g/mol. The smallest absolute Gasteiger partial charge is 0.125 e. The van der Waals surface area contributed by atoms with Gasteiger partial charge in [-0.3, -0.25) is 0 Å². The van der Waals surface area contributed by atoms with Crippen LogP contribution in [0.2, 0.25) is 5.02 Å². The predicted molar refractivity (Wildman–Crippen MR) is 76.0 cm³/mol. The number of aliphatic hydroxyl groups excluding tert-OH is 1. The Kier molecular flexibility index (Phi) is 4.23. The van der Waals surface area contributed by atoms with Gasteiger partial charge < -0.3 is 5.11 Å². The Morgan fingerprint density at radius 3 is 2.47 bits per heavy atom. The second-order valence-corrected chi connectivity index (χ2v) is 5.28. The van der Waals surface area contributed by atoms with Gasteiger partial charge in [-0.1, -0.05) is 29.8 Å². The fourth-order valence-electron chi connectivity index (χ4n) is 2.04.